The van der Waals surface area contributed by atoms with Crippen molar-refractivity contribution in [3.63, 3.8) is 0 Å². The van der Waals surface area contributed by atoms with Crippen LogP contribution >= 0.6 is 0 Å². The van der Waals surface area contributed by atoms with Crippen molar-refractivity contribution >= 4 is 5.78 Å². The molecule has 2 N–H and O–H groups in total. The molecule has 122 valence electrons. The quantitative estimate of drug-likeness (QED) is 0.723. The summed E-state index contributed by atoms with van der Waals surface area (Å²) in [6.07, 6.45) is -7.08. The van der Waals surface area contributed by atoms with Crippen molar-refractivity contribution in [3.8, 4) is 0 Å². The highest BCUT2D eigenvalue weighted by Gasteiger charge is 2.60. The third kappa shape index (κ3) is 1.78. The van der Waals surface area contributed by atoms with E-state index in [0.717, 1.165) is 0 Å². The lowest BCUT2D eigenvalue weighted by Crippen LogP contribution is -2.54. The van der Waals surface area contributed by atoms with Gasteiger partial charge in [-0.3, -0.25) is 4.79 Å². The van der Waals surface area contributed by atoms with Gasteiger partial charge >= 0.3 is 0 Å². The fourth-order valence-electron chi connectivity index (χ4n) is 5.34. The van der Waals surface area contributed by atoms with Crippen LogP contribution in [0, 0.1) is 28.6 Å². The van der Waals surface area contributed by atoms with Crippen molar-refractivity contribution in [1.29, 1.82) is 0 Å². The number of carbonyl (C=O) groups is 1. The molecule has 0 radical (unpaired) electrons. The Bertz CT molecular complexity index is 776. The zero-order valence-corrected chi connectivity index (χ0v) is 13.1. The molecule has 3 nitrogen and oxygen atoms in total. The van der Waals surface area contributed by atoms with E-state index in [-0.39, 0.29) is 30.1 Å². The number of hydrogen-bond donors (Lipinski definition) is 2. The highest BCUT2D eigenvalue weighted by atomic mass is 16.3. The van der Waals surface area contributed by atoms with Crippen LogP contribution in [0.4, 0.5) is 0 Å². The predicted molar refractivity (Wildman–Crippen MR) is 84.1 cm³/mol. The molecule has 0 aromatic heterocycles. The number of ketones is 1. The molecule has 0 saturated heterocycles. The molecule has 0 bridgehead atoms. The first-order valence-electron chi connectivity index (χ1n) is 11.2. The van der Waals surface area contributed by atoms with Gasteiger partial charge in [-0.15, -0.1) is 0 Å². The van der Waals surface area contributed by atoms with Gasteiger partial charge in [0.1, 0.15) is 0 Å². The molecule has 1 unspecified atom stereocenters. The van der Waals surface area contributed by atoms with Gasteiger partial charge < -0.3 is 10.2 Å². The van der Waals surface area contributed by atoms with Crippen molar-refractivity contribution in [1.82, 2.24) is 0 Å². The van der Waals surface area contributed by atoms with E-state index in [1.165, 1.54) is 6.08 Å². The van der Waals surface area contributed by atoms with E-state index in [9.17, 15) is 15.0 Å². The number of carbonyl (C=O) groups excluding carboxylic acids is 1. The highest BCUT2D eigenvalue weighted by molar-refractivity contribution is 5.91. The summed E-state index contributed by atoms with van der Waals surface area (Å²) in [5.74, 6) is -2.09. The summed E-state index contributed by atoms with van der Waals surface area (Å²) in [5.41, 5.74) is -1.80. The molecule has 4 rings (SSSR count). The van der Waals surface area contributed by atoms with Crippen LogP contribution in [0.5, 0.6) is 0 Å². The van der Waals surface area contributed by atoms with Crippen LogP contribution in [0.1, 0.15) is 66.9 Å². The molecule has 4 aliphatic rings. The van der Waals surface area contributed by atoms with Crippen molar-refractivity contribution < 1.29 is 23.2 Å². The minimum Gasteiger partial charge on any atom is -0.393 e. The predicted octanol–water partition coefficient (Wildman–Crippen LogP) is 2.85. The average molecular weight is 310 g/mol. The second-order valence-electron chi connectivity index (χ2n) is 7.86. The Balaban J connectivity index is 1.92. The van der Waals surface area contributed by atoms with Gasteiger partial charge in [-0.25, -0.2) is 0 Å². The van der Waals surface area contributed by atoms with E-state index in [1.54, 1.807) is 6.92 Å². The van der Waals surface area contributed by atoms with E-state index in [4.69, 9.17) is 8.22 Å². The van der Waals surface area contributed by atoms with Crippen molar-refractivity contribution in [2.75, 3.05) is 0 Å². The van der Waals surface area contributed by atoms with Crippen LogP contribution in [0.15, 0.2) is 11.6 Å². The summed E-state index contributed by atoms with van der Waals surface area (Å²) < 4.78 is 50.9. The van der Waals surface area contributed by atoms with Crippen molar-refractivity contribution in [3.05, 3.63) is 11.6 Å². The maximum absolute atomic E-state index is 12.0. The van der Waals surface area contributed by atoms with Gasteiger partial charge in [-0.05, 0) is 78.7 Å². The second-order valence-corrected chi connectivity index (χ2v) is 7.86. The molecule has 0 amide bonds. The third-order valence-corrected chi connectivity index (χ3v) is 6.88. The molecule has 0 spiro atoms. The SMILES string of the molecule is [2H]C1([2H])C2[C@H](CC[C@@]3(C)[C@H]2CC([2H])([2H])[C@]3([2H])O)[C@@]2(C)CCC(=O)C=C2[C@]1([2H])O. The first kappa shape index (κ1) is 9.58. The van der Waals surface area contributed by atoms with E-state index in [2.05, 4.69) is 0 Å². The molecule has 4 aliphatic carbocycles. The van der Waals surface area contributed by atoms with Crippen LogP contribution in [0.25, 0.3) is 0 Å². The lowest BCUT2D eigenvalue weighted by Gasteiger charge is -2.58. The average Bonchev–Trinajstić information content (AvgIpc) is 2.70. The summed E-state index contributed by atoms with van der Waals surface area (Å²) in [5, 5.41) is 21.9. The number of hydrogen-bond acceptors (Lipinski definition) is 3. The Labute approximate surface area is 141 Å². The maximum Gasteiger partial charge on any atom is 0.155 e. The standard InChI is InChI=1S/C19H28O3/c1-18-7-5-11(20)9-15(18)16(21)10-12-13-3-4-17(22)19(13,2)8-6-14(12)18/h9,12-14,16-17,21-22H,3-8,10H2,1-2H3/t12?,13-,14-,16+,17-,18+,19-/m0/s1/i4D2,10D2,16D,17D. The number of aliphatic hydroxyl groups is 2. The van der Waals surface area contributed by atoms with Gasteiger partial charge in [0.25, 0.3) is 0 Å². The van der Waals surface area contributed by atoms with Crippen molar-refractivity contribution in [2.24, 2.45) is 28.6 Å². The first-order chi connectivity index (χ1) is 12.5. The van der Waals surface area contributed by atoms with Gasteiger partial charge in [0.2, 0.25) is 0 Å². The molecule has 7 atom stereocenters. The fourth-order valence-corrected chi connectivity index (χ4v) is 5.34. The van der Waals surface area contributed by atoms with Gasteiger partial charge in [0.15, 0.2) is 5.78 Å². The van der Waals surface area contributed by atoms with Crippen LogP contribution in [0.3, 0.4) is 0 Å². The van der Waals surface area contributed by atoms with Gasteiger partial charge in [-0.2, -0.15) is 0 Å². The minimum absolute atomic E-state index is 0.119. The first-order valence-corrected chi connectivity index (χ1v) is 8.24. The Morgan fingerprint density at radius 3 is 2.82 bits per heavy atom. The van der Waals surface area contributed by atoms with E-state index in [1.807, 2.05) is 6.92 Å². The minimum atomic E-state index is -2.62. The Kier molecular flexibility index (Phi) is 2.03. The van der Waals surface area contributed by atoms with E-state index < -0.39 is 47.6 Å². The van der Waals surface area contributed by atoms with Crippen LogP contribution < -0.4 is 0 Å². The molecule has 3 heteroatoms. The molecule has 0 aliphatic heterocycles. The Morgan fingerprint density at radius 1 is 1.27 bits per heavy atom. The zero-order chi connectivity index (χ0) is 21.1. The van der Waals surface area contributed by atoms with E-state index >= 15 is 0 Å². The van der Waals surface area contributed by atoms with Crippen LogP contribution in [-0.4, -0.2) is 28.2 Å². The molecular formula is C19H28O3. The molecule has 0 aromatic carbocycles. The molecule has 0 heterocycles. The summed E-state index contributed by atoms with van der Waals surface area (Å²) >= 11 is 0. The lowest BCUT2D eigenvalue weighted by atomic mass is 9.47. The highest BCUT2D eigenvalue weighted by Crippen LogP contribution is 2.65. The Morgan fingerprint density at radius 2 is 2.05 bits per heavy atom. The normalized spacial score (nSPS) is 69.5. The van der Waals surface area contributed by atoms with Gasteiger partial charge in [-0.1, -0.05) is 13.8 Å². The topological polar surface area (TPSA) is 57.5 Å². The number of rotatable bonds is 0. The zero-order valence-electron chi connectivity index (χ0n) is 19.1. The molecule has 3 fully saturated rings. The van der Waals surface area contributed by atoms with Crippen LogP contribution in [-0.2, 0) is 4.79 Å². The summed E-state index contributed by atoms with van der Waals surface area (Å²) in [7, 11) is 0. The third-order valence-electron chi connectivity index (χ3n) is 6.88. The molecule has 22 heavy (non-hydrogen) atoms. The largest absolute Gasteiger partial charge is 0.393 e. The monoisotopic (exact) mass is 310 g/mol. The van der Waals surface area contributed by atoms with E-state index in [0.29, 0.717) is 19.3 Å². The summed E-state index contributed by atoms with van der Waals surface area (Å²) in [4.78, 5) is 12.0. The van der Waals surface area contributed by atoms with Gasteiger partial charge in [0.05, 0.1) is 14.9 Å². The van der Waals surface area contributed by atoms with Crippen LogP contribution in [0.2, 0.25) is 0 Å². The number of fused-ring (bicyclic) bond motifs is 5. The fraction of sp³-hybridized carbons (Fsp3) is 0.842. The molecule has 0 aromatic rings. The maximum atomic E-state index is 12.0. The lowest BCUT2D eigenvalue weighted by molar-refractivity contribution is -0.120. The summed E-state index contributed by atoms with van der Waals surface area (Å²) in [6, 6.07) is 0. The summed E-state index contributed by atoms with van der Waals surface area (Å²) in [6.45, 7) is 3.51. The smallest absolute Gasteiger partial charge is 0.155 e. The van der Waals surface area contributed by atoms with Gasteiger partial charge in [0, 0.05) is 11.9 Å². The molecular weight excluding hydrogens is 276 g/mol. The van der Waals surface area contributed by atoms with Crippen molar-refractivity contribution in [2.45, 2.75) is 70.9 Å². The Hall–Kier alpha value is -0.670. The second kappa shape index (κ2) is 4.67. The molecule has 3 saturated carbocycles.